The number of hydrogen-bond acceptors (Lipinski definition) is 5. The first-order valence-electron chi connectivity index (χ1n) is 6.01. The van der Waals surface area contributed by atoms with Crippen LogP contribution in [-0.4, -0.2) is 40.8 Å². The van der Waals surface area contributed by atoms with E-state index in [1.165, 1.54) is 11.3 Å². The molecule has 102 valence electrons. The predicted molar refractivity (Wildman–Crippen MR) is 71.5 cm³/mol. The Hall–Kier alpha value is -0.470. The zero-order valence-corrected chi connectivity index (χ0v) is 11.9. The molecule has 0 aliphatic carbocycles. The number of thiophene rings is 1. The molecule has 7 heteroatoms. The first kappa shape index (κ1) is 14.0. The lowest BCUT2D eigenvalue weighted by molar-refractivity contribution is 0.0784. The fourth-order valence-corrected chi connectivity index (χ4v) is 4.15. The molecule has 5 nitrogen and oxygen atoms in total. The summed E-state index contributed by atoms with van der Waals surface area (Å²) >= 11 is 1.32. The zero-order chi connectivity index (χ0) is 13.0. The number of nitrogens with one attached hydrogen (secondary N) is 2. The first-order chi connectivity index (χ1) is 8.62. The van der Waals surface area contributed by atoms with Gasteiger partial charge >= 0.3 is 0 Å². The van der Waals surface area contributed by atoms with Gasteiger partial charge in [-0.2, -0.15) is 0 Å². The first-order valence-corrected chi connectivity index (χ1v) is 8.31. The molecule has 0 saturated carbocycles. The molecule has 1 fully saturated rings. The fraction of sp³-hybridized carbons (Fsp3) is 0.636. The van der Waals surface area contributed by atoms with Gasteiger partial charge in [0.15, 0.2) is 0 Å². The molecule has 0 spiro atoms. The summed E-state index contributed by atoms with van der Waals surface area (Å²) in [5.74, 6) is 0. The van der Waals surface area contributed by atoms with Gasteiger partial charge in [-0.3, -0.25) is 0 Å². The van der Waals surface area contributed by atoms with E-state index in [1.807, 2.05) is 13.0 Å². The number of rotatable bonds is 5. The minimum Gasteiger partial charge on any atom is -0.378 e. The Morgan fingerprint density at radius 1 is 1.56 bits per heavy atom. The van der Waals surface area contributed by atoms with Crippen LogP contribution >= 0.6 is 11.3 Å². The Bertz CT molecular complexity index is 478. The highest BCUT2D eigenvalue weighted by atomic mass is 32.2. The van der Waals surface area contributed by atoms with Crippen molar-refractivity contribution in [1.29, 1.82) is 0 Å². The lowest BCUT2D eigenvalue weighted by Crippen LogP contribution is -2.48. The largest absolute Gasteiger partial charge is 0.378 e. The van der Waals surface area contributed by atoms with Crippen molar-refractivity contribution >= 4 is 21.4 Å². The molecule has 0 bridgehead atoms. The average Bonchev–Trinajstić information content (AvgIpc) is 2.87. The number of ether oxygens (including phenoxy) is 1. The van der Waals surface area contributed by atoms with Gasteiger partial charge in [-0.05, 0) is 18.6 Å². The minimum absolute atomic E-state index is 0.0548. The Morgan fingerprint density at radius 2 is 2.39 bits per heavy atom. The Morgan fingerprint density at radius 3 is 3.00 bits per heavy atom. The molecule has 1 saturated heterocycles. The second-order valence-electron chi connectivity index (χ2n) is 4.15. The second kappa shape index (κ2) is 6.12. The molecule has 1 aromatic rings. The maximum absolute atomic E-state index is 12.0. The van der Waals surface area contributed by atoms with Crippen molar-refractivity contribution in [3.05, 3.63) is 17.0 Å². The van der Waals surface area contributed by atoms with Crippen LogP contribution in [0, 0.1) is 0 Å². The molecule has 2 heterocycles. The van der Waals surface area contributed by atoms with E-state index >= 15 is 0 Å². The van der Waals surface area contributed by atoms with Crippen LogP contribution in [0.1, 0.15) is 11.8 Å². The Kier molecular flexibility index (Phi) is 4.74. The van der Waals surface area contributed by atoms with E-state index in [-0.39, 0.29) is 6.04 Å². The van der Waals surface area contributed by atoms with Gasteiger partial charge in [0.1, 0.15) is 4.21 Å². The van der Waals surface area contributed by atoms with Gasteiger partial charge in [0.05, 0.1) is 13.2 Å². The Labute approximate surface area is 112 Å². The third-order valence-corrected chi connectivity index (χ3v) is 5.91. The van der Waals surface area contributed by atoms with E-state index < -0.39 is 10.0 Å². The minimum atomic E-state index is -3.38. The van der Waals surface area contributed by atoms with Crippen molar-refractivity contribution in [1.82, 2.24) is 10.0 Å². The van der Waals surface area contributed by atoms with Gasteiger partial charge in [-0.25, -0.2) is 13.1 Å². The van der Waals surface area contributed by atoms with Crippen LogP contribution < -0.4 is 10.0 Å². The summed E-state index contributed by atoms with van der Waals surface area (Å²) in [6, 6.07) is 3.58. The van der Waals surface area contributed by atoms with E-state index in [9.17, 15) is 8.42 Å². The predicted octanol–water partition coefficient (Wildman–Crippen LogP) is 0.577. The Balaban J connectivity index is 1.94. The molecule has 0 aromatic carbocycles. The molecule has 1 unspecified atom stereocenters. The molecule has 1 aliphatic heterocycles. The molecule has 18 heavy (non-hydrogen) atoms. The molecule has 1 atom stereocenters. The van der Waals surface area contributed by atoms with Crippen LogP contribution in [0.4, 0.5) is 0 Å². The summed E-state index contributed by atoms with van der Waals surface area (Å²) in [5.41, 5.74) is 0. The summed E-state index contributed by atoms with van der Waals surface area (Å²) in [6.45, 7) is 4.38. The van der Waals surface area contributed by atoms with E-state index in [0.29, 0.717) is 24.0 Å². The highest BCUT2D eigenvalue weighted by Crippen LogP contribution is 2.21. The van der Waals surface area contributed by atoms with Crippen molar-refractivity contribution in [3.8, 4) is 0 Å². The molecule has 2 rings (SSSR count). The highest BCUT2D eigenvalue weighted by Gasteiger charge is 2.20. The lowest BCUT2D eigenvalue weighted by atomic mass is 10.3. The summed E-state index contributed by atoms with van der Waals surface area (Å²) < 4.78 is 32.4. The molecular weight excluding hydrogens is 272 g/mol. The normalized spacial score (nSPS) is 21.1. The van der Waals surface area contributed by atoms with Crippen LogP contribution in [0.2, 0.25) is 0 Å². The average molecular weight is 290 g/mol. The van der Waals surface area contributed by atoms with Crippen molar-refractivity contribution in [2.24, 2.45) is 0 Å². The van der Waals surface area contributed by atoms with Crippen LogP contribution in [-0.2, 0) is 21.2 Å². The van der Waals surface area contributed by atoms with Crippen LogP contribution in [0.25, 0.3) is 0 Å². The maximum Gasteiger partial charge on any atom is 0.250 e. The van der Waals surface area contributed by atoms with Gasteiger partial charge in [-0.1, -0.05) is 6.92 Å². The van der Waals surface area contributed by atoms with Gasteiger partial charge in [0, 0.05) is 24.0 Å². The van der Waals surface area contributed by atoms with Crippen LogP contribution in [0.5, 0.6) is 0 Å². The van der Waals surface area contributed by atoms with Gasteiger partial charge in [-0.15, -0.1) is 11.3 Å². The topological polar surface area (TPSA) is 67.4 Å². The summed E-state index contributed by atoms with van der Waals surface area (Å²) in [7, 11) is -3.38. The fourth-order valence-electron chi connectivity index (χ4n) is 1.72. The lowest BCUT2D eigenvalue weighted by Gasteiger charge is -2.23. The molecule has 1 aliphatic rings. The monoisotopic (exact) mass is 290 g/mol. The van der Waals surface area contributed by atoms with Crippen molar-refractivity contribution in [2.75, 3.05) is 26.3 Å². The smallest absolute Gasteiger partial charge is 0.250 e. The van der Waals surface area contributed by atoms with Gasteiger partial charge in [0.25, 0.3) is 0 Å². The third-order valence-electron chi connectivity index (χ3n) is 2.77. The standard InChI is InChI=1S/C11H18N2O3S2/c1-2-10-3-4-11(17-10)18(14,15)13-7-9-8-16-6-5-12-9/h3-4,9,12-13H,2,5-8H2,1H3. The number of morpholine rings is 1. The van der Waals surface area contributed by atoms with E-state index in [0.717, 1.165) is 17.8 Å². The second-order valence-corrected chi connectivity index (χ2v) is 7.31. The zero-order valence-electron chi connectivity index (χ0n) is 10.3. The molecule has 0 radical (unpaired) electrons. The molecule has 0 amide bonds. The number of sulfonamides is 1. The van der Waals surface area contributed by atoms with Crippen molar-refractivity contribution in [3.63, 3.8) is 0 Å². The van der Waals surface area contributed by atoms with E-state index in [2.05, 4.69) is 10.0 Å². The molecular formula is C11H18N2O3S2. The summed E-state index contributed by atoms with van der Waals surface area (Å²) in [6.07, 6.45) is 0.859. The summed E-state index contributed by atoms with van der Waals surface area (Å²) in [5, 5.41) is 3.21. The van der Waals surface area contributed by atoms with Crippen molar-refractivity contribution < 1.29 is 13.2 Å². The quantitative estimate of drug-likeness (QED) is 0.832. The molecule has 1 aromatic heterocycles. The van der Waals surface area contributed by atoms with Crippen molar-refractivity contribution in [2.45, 2.75) is 23.6 Å². The molecule has 2 N–H and O–H groups in total. The maximum atomic E-state index is 12.0. The highest BCUT2D eigenvalue weighted by molar-refractivity contribution is 7.91. The third kappa shape index (κ3) is 3.52. The van der Waals surface area contributed by atoms with Crippen LogP contribution in [0.15, 0.2) is 16.3 Å². The van der Waals surface area contributed by atoms with E-state index in [4.69, 9.17) is 4.74 Å². The van der Waals surface area contributed by atoms with Gasteiger partial charge in [0.2, 0.25) is 10.0 Å². The SMILES string of the molecule is CCc1ccc(S(=O)(=O)NCC2COCCN2)s1. The number of hydrogen-bond donors (Lipinski definition) is 2. The van der Waals surface area contributed by atoms with Gasteiger partial charge < -0.3 is 10.1 Å². The summed E-state index contributed by atoms with van der Waals surface area (Å²) in [4.78, 5) is 1.08. The van der Waals surface area contributed by atoms with E-state index in [1.54, 1.807) is 6.07 Å². The number of aryl methyl sites for hydroxylation is 1. The van der Waals surface area contributed by atoms with Crippen LogP contribution in [0.3, 0.4) is 0 Å².